The van der Waals surface area contributed by atoms with E-state index in [9.17, 15) is 0 Å². The molecule has 0 aliphatic heterocycles. The largest absolute Gasteiger partial charge is 0.494 e. The molecule has 226 valence electrons. The van der Waals surface area contributed by atoms with Crippen molar-refractivity contribution in [2.75, 3.05) is 32.1 Å². The van der Waals surface area contributed by atoms with Crippen molar-refractivity contribution < 1.29 is 9.47 Å². The Balaban J connectivity index is 0.00000484. The number of fused-ring (bicyclic) bond motifs is 3. The quantitative estimate of drug-likeness (QED) is 0.0504. The van der Waals surface area contributed by atoms with Gasteiger partial charge in [0.25, 0.3) is 0 Å². The molecule has 1 unspecified atom stereocenters. The molecule has 0 radical (unpaired) electrons. The first kappa shape index (κ1) is 33.0. The maximum absolute atomic E-state index is 8.28. The Bertz CT molecular complexity index is 1400. The molecule has 0 bridgehead atoms. The number of nitrogen functional groups attached to an aromatic ring is 1. The Morgan fingerprint density at radius 3 is 2.36 bits per heavy atom. The fraction of sp³-hybridized carbons (Fsp3) is 0.500. The number of nitrogens with zero attached hydrogens (tertiary/aromatic N) is 6. The molecule has 42 heavy (non-hydrogen) atoms. The molecule has 4 aromatic rings. The summed E-state index contributed by atoms with van der Waals surface area (Å²) in [5.41, 5.74) is 18.4. The fourth-order valence-electron chi connectivity index (χ4n) is 5.29. The topological polar surface area (TPSA) is 124 Å². The number of benzene rings is 2. The number of imidazole rings is 1. The summed E-state index contributed by atoms with van der Waals surface area (Å²) in [6, 6.07) is 16.6. The predicted octanol–water partition coefficient (Wildman–Crippen LogP) is 8.61. The number of nitrogens with two attached hydrogens (primary N) is 1. The number of para-hydroxylation sites is 1. The molecule has 0 aliphatic carbocycles. The van der Waals surface area contributed by atoms with Gasteiger partial charge in [-0.1, -0.05) is 80.4 Å². The highest BCUT2D eigenvalue weighted by atomic mass is 35.5. The number of hydrogen-bond acceptors (Lipinski definition) is 6. The number of pyridine rings is 1. The van der Waals surface area contributed by atoms with Gasteiger partial charge in [-0.3, -0.25) is 0 Å². The molecule has 0 fully saturated rings. The van der Waals surface area contributed by atoms with Crippen molar-refractivity contribution >= 4 is 40.2 Å². The lowest BCUT2D eigenvalue weighted by Gasteiger charge is -2.20. The highest BCUT2D eigenvalue weighted by Gasteiger charge is 2.19. The average molecular weight is 594 g/mol. The fourth-order valence-corrected chi connectivity index (χ4v) is 5.29. The third-order valence-corrected chi connectivity index (χ3v) is 7.47. The van der Waals surface area contributed by atoms with Crippen molar-refractivity contribution in [1.82, 2.24) is 14.5 Å². The van der Waals surface area contributed by atoms with Gasteiger partial charge < -0.3 is 19.8 Å². The molecule has 0 saturated carbocycles. The van der Waals surface area contributed by atoms with E-state index < -0.39 is 0 Å². The van der Waals surface area contributed by atoms with Gasteiger partial charge in [0.05, 0.1) is 36.6 Å². The molecule has 2 heterocycles. The molecular weight excluding hydrogens is 550 g/mol. The van der Waals surface area contributed by atoms with Crippen molar-refractivity contribution in [2.24, 2.45) is 5.11 Å². The van der Waals surface area contributed by atoms with Gasteiger partial charge in [-0.2, -0.15) is 0 Å². The van der Waals surface area contributed by atoms with Crippen LogP contribution < -0.4 is 10.5 Å². The predicted molar refractivity (Wildman–Crippen MR) is 173 cm³/mol. The Morgan fingerprint density at radius 1 is 0.952 bits per heavy atom. The second-order valence-corrected chi connectivity index (χ2v) is 10.5. The van der Waals surface area contributed by atoms with Gasteiger partial charge >= 0.3 is 0 Å². The normalized spacial score (nSPS) is 11.7. The van der Waals surface area contributed by atoms with E-state index in [2.05, 4.69) is 54.9 Å². The lowest BCUT2D eigenvalue weighted by atomic mass is 10.1. The van der Waals surface area contributed by atoms with Crippen LogP contribution in [0.1, 0.15) is 76.3 Å². The minimum absolute atomic E-state index is 0. The second-order valence-electron chi connectivity index (χ2n) is 10.5. The third-order valence-electron chi connectivity index (χ3n) is 7.47. The number of unbranched alkanes of at least 4 members (excludes halogenated alkanes) is 8. The van der Waals surface area contributed by atoms with Crippen molar-refractivity contribution in [3.05, 3.63) is 70.9 Å². The first-order chi connectivity index (χ1) is 20.2. The van der Waals surface area contributed by atoms with Crippen LogP contribution in [0.4, 0.5) is 5.82 Å². The molecule has 0 saturated heterocycles. The highest BCUT2D eigenvalue weighted by molar-refractivity contribution is 6.06. The van der Waals surface area contributed by atoms with E-state index in [4.69, 9.17) is 20.7 Å². The molecule has 2 N–H and O–H groups in total. The summed E-state index contributed by atoms with van der Waals surface area (Å²) in [6.07, 6.45) is 13.4. The zero-order valence-corrected chi connectivity index (χ0v) is 25.5. The summed E-state index contributed by atoms with van der Waals surface area (Å²) in [6.45, 7) is 4.62. The van der Waals surface area contributed by atoms with E-state index in [-0.39, 0.29) is 18.4 Å². The van der Waals surface area contributed by atoms with Crippen LogP contribution in [0.3, 0.4) is 0 Å². The minimum Gasteiger partial charge on any atom is -0.494 e. The highest BCUT2D eigenvalue weighted by Crippen LogP contribution is 2.30. The van der Waals surface area contributed by atoms with Crippen LogP contribution in [0.5, 0.6) is 5.75 Å². The number of halogens is 1. The standard InChI is InChI=1S/C32H43N7O2.ClH/c1-2-40-23-26(39-24-35-30-31(39)28-14-10-11-15-29(28)37-32(30)33)22-25-16-18-27(19-17-25)41-21-13-9-7-5-3-4-6-8-12-20-36-38-34;/h10-11,14-19,24,26H,2-9,12-13,20-23H2,1H3,(H2,33,37);1H. The van der Waals surface area contributed by atoms with E-state index in [0.717, 1.165) is 60.0 Å². The summed E-state index contributed by atoms with van der Waals surface area (Å²) in [4.78, 5) is 12.0. The van der Waals surface area contributed by atoms with Gasteiger partial charge in [0.2, 0.25) is 0 Å². The van der Waals surface area contributed by atoms with Gasteiger partial charge in [-0.15, -0.1) is 12.4 Å². The Hall–Kier alpha value is -3.52. The summed E-state index contributed by atoms with van der Waals surface area (Å²) < 4.78 is 14.1. The first-order valence-electron chi connectivity index (χ1n) is 15.0. The SMILES string of the molecule is CCOCC(Cc1ccc(OCCCCCCCCCCCN=[N+]=[N-])cc1)n1cnc2c(N)nc3ccccc3c21.Cl. The van der Waals surface area contributed by atoms with Gasteiger partial charge in [-0.25, -0.2) is 9.97 Å². The lowest BCUT2D eigenvalue weighted by molar-refractivity contribution is 0.114. The molecule has 4 rings (SSSR count). The number of aromatic nitrogens is 3. The molecule has 10 heteroatoms. The van der Waals surface area contributed by atoms with E-state index in [1.807, 2.05) is 31.5 Å². The smallest absolute Gasteiger partial charge is 0.152 e. The molecule has 2 aromatic heterocycles. The Morgan fingerprint density at radius 2 is 1.64 bits per heavy atom. The molecule has 9 nitrogen and oxygen atoms in total. The molecular formula is C32H44ClN7O2. The summed E-state index contributed by atoms with van der Waals surface area (Å²) in [7, 11) is 0. The molecule has 0 amide bonds. The maximum atomic E-state index is 8.28. The van der Waals surface area contributed by atoms with Gasteiger partial charge in [0.1, 0.15) is 11.3 Å². The van der Waals surface area contributed by atoms with Crippen LogP contribution in [0.2, 0.25) is 0 Å². The number of anilines is 1. The lowest BCUT2D eigenvalue weighted by Crippen LogP contribution is -2.18. The van der Waals surface area contributed by atoms with E-state index in [1.165, 1.54) is 44.1 Å². The van der Waals surface area contributed by atoms with Gasteiger partial charge in [0.15, 0.2) is 5.82 Å². The number of ether oxygens (including phenoxy) is 2. The number of hydrogen-bond donors (Lipinski definition) is 1. The second kappa shape index (κ2) is 18.1. The van der Waals surface area contributed by atoms with E-state index in [1.54, 1.807) is 0 Å². The summed E-state index contributed by atoms with van der Waals surface area (Å²) in [5.74, 6) is 1.36. The monoisotopic (exact) mass is 593 g/mol. The van der Waals surface area contributed by atoms with Crippen LogP contribution >= 0.6 is 12.4 Å². The van der Waals surface area contributed by atoms with Crippen molar-refractivity contribution in [3.8, 4) is 5.75 Å². The van der Waals surface area contributed by atoms with Gasteiger partial charge in [-0.05, 0) is 55.5 Å². The summed E-state index contributed by atoms with van der Waals surface area (Å²) >= 11 is 0. The zero-order valence-electron chi connectivity index (χ0n) is 24.7. The third kappa shape index (κ3) is 9.51. The Kier molecular flexibility index (Phi) is 14.2. The minimum atomic E-state index is 0. The molecule has 2 aromatic carbocycles. The van der Waals surface area contributed by atoms with Crippen LogP contribution in [0, 0.1) is 0 Å². The molecule has 0 aliphatic rings. The van der Waals surface area contributed by atoms with E-state index >= 15 is 0 Å². The van der Waals surface area contributed by atoms with Crippen LogP contribution in [0.25, 0.3) is 32.4 Å². The van der Waals surface area contributed by atoms with Crippen molar-refractivity contribution in [1.29, 1.82) is 0 Å². The van der Waals surface area contributed by atoms with Crippen molar-refractivity contribution in [3.63, 3.8) is 0 Å². The van der Waals surface area contributed by atoms with Crippen LogP contribution in [0.15, 0.2) is 60.0 Å². The van der Waals surface area contributed by atoms with Crippen LogP contribution in [-0.4, -0.2) is 40.9 Å². The number of azide groups is 1. The maximum Gasteiger partial charge on any atom is 0.152 e. The van der Waals surface area contributed by atoms with Crippen LogP contribution in [-0.2, 0) is 11.2 Å². The Labute approximate surface area is 254 Å². The average Bonchev–Trinajstić information content (AvgIpc) is 3.45. The first-order valence-corrected chi connectivity index (χ1v) is 15.0. The molecule has 1 atom stereocenters. The van der Waals surface area contributed by atoms with E-state index in [0.29, 0.717) is 25.6 Å². The molecule has 0 spiro atoms. The van der Waals surface area contributed by atoms with Gasteiger partial charge in [0, 0.05) is 23.4 Å². The summed E-state index contributed by atoms with van der Waals surface area (Å²) in [5, 5.41) is 4.62. The number of rotatable bonds is 19. The van der Waals surface area contributed by atoms with Crippen molar-refractivity contribution in [2.45, 2.75) is 77.2 Å². The zero-order chi connectivity index (χ0) is 28.7.